The molecule has 2 heterocycles. The zero-order chi connectivity index (χ0) is 21.9. The molecule has 1 aliphatic heterocycles. The van der Waals surface area contributed by atoms with E-state index in [2.05, 4.69) is 10.3 Å². The van der Waals surface area contributed by atoms with Gasteiger partial charge >= 0.3 is 5.51 Å². The number of aryl methyl sites for hydroxylation is 1. The number of hydrogen-bond donors (Lipinski definition) is 1. The van der Waals surface area contributed by atoms with Crippen molar-refractivity contribution in [3.05, 3.63) is 48.2 Å². The number of sulfonamides is 1. The summed E-state index contributed by atoms with van der Waals surface area (Å²) in [6.45, 7) is 2.19. The van der Waals surface area contributed by atoms with Crippen LogP contribution < -0.4 is 5.32 Å². The minimum Gasteiger partial charge on any atom is -0.310 e. The molecule has 1 amide bonds. The molecule has 1 aliphatic rings. The zero-order valence-corrected chi connectivity index (χ0v) is 17.6. The summed E-state index contributed by atoms with van der Waals surface area (Å²) in [6, 6.07) is 8.18. The maximum Gasteiger partial charge on any atom is 0.446 e. The second-order valence-corrected chi connectivity index (χ2v) is 9.98. The number of carbonyl (C=O) groups is 1. The van der Waals surface area contributed by atoms with Crippen molar-refractivity contribution in [2.75, 3.05) is 18.4 Å². The smallest absolute Gasteiger partial charge is 0.310 e. The lowest BCUT2D eigenvalue weighted by atomic mass is 9.97. The molecule has 1 N–H and O–H groups in total. The Bertz CT molecular complexity index is 1000. The second-order valence-electron chi connectivity index (χ2n) is 6.91. The molecule has 1 aromatic heterocycles. The summed E-state index contributed by atoms with van der Waals surface area (Å²) in [6.07, 6.45) is 2.29. The highest BCUT2D eigenvalue weighted by Crippen LogP contribution is 2.37. The Balaban J connectivity index is 1.60. The van der Waals surface area contributed by atoms with Crippen molar-refractivity contribution in [2.45, 2.75) is 35.1 Å². The van der Waals surface area contributed by atoms with Crippen LogP contribution in [0.2, 0.25) is 0 Å². The fourth-order valence-corrected chi connectivity index (χ4v) is 5.16. The van der Waals surface area contributed by atoms with Crippen LogP contribution >= 0.6 is 11.8 Å². The van der Waals surface area contributed by atoms with E-state index in [1.54, 1.807) is 12.3 Å². The van der Waals surface area contributed by atoms with Crippen molar-refractivity contribution in [3.8, 4) is 0 Å². The number of benzene rings is 1. The maximum atomic E-state index is 12.8. The van der Waals surface area contributed by atoms with Crippen LogP contribution in [0.15, 0.2) is 52.4 Å². The molecule has 1 saturated heterocycles. The summed E-state index contributed by atoms with van der Waals surface area (Å²) < 4.78 is 64.1. The Morgan fingerprint density at radius 3 is 2.37 bits per heavy atom. The number of anilines is 1. The molecule has 3 rings (SSSR count). The van der Waals surface area contributed by atoms with E-state index in [1.165, 1.54) is 16.4 Å². The third kappa shape index (κ3) is 5.73. The Hall–Kier alpha value is -2.11. The molecule has 0 saturated carbocycles. The standard InChI is InChI=1S/C19H20F3N3O3S2/c1-13-6-9-23-17(12-13)24-18(26)14-7-10-25(11-8-14)30(27,28)16-4-2-15(3-5-16)29-19(20,21)22/h2-6,9,12,14H,7-8,10-11H2,1H3,(H,23,24,26). The van der Waals surface area contributed by atoms with Gasteiger partial charge < -0.3 is 5.32 Å². The van der Waals surface area contributed by atoms with Gasteiger partial charge in [-0.05, 0) is 73.5 Å². The van der Waals surface area contributed by atoms with Crippen molar-refractivity contribution in [3.63, 3.8) is 0 Å². The number of carbonyl (C=O) groups excluding carboxylic acids is 1. The van der Waals surface area contributed by atoms with E-state index in [0.29, 0.717) is 18.7 Å². The predicted molar refractivity (Wildman–Crippen MR) is 107 cm³/mol. The molecule has 0 aliphatic carbocycles. The van der Waals surface area contributed by atoms with Crippen LogP contribution in [0.3, 0.4) is 0 Å². The Labute approximate surface area is 176 Å². The molecule has 0 spiro atoms. The Morgan fingerprint density at radius 1 is 1.17 bits per heavy atom. The number of thioether (sulfide) groups is 1. The van der Waals surface area contributed by atoms with E-state index < -0.39 is 15.5 Å². The van der Waals surface area contributed by atoms with Crippen LogP contribution in [-0.4, -0.2) is 42.2 Å². The lowest BCUT2D eigenvalue weighted by Gasteiger charge is -2.30. The molecule has 162 valence electrons. The molecule has 30 heavy (non-hydrogen) atoms. The van der Waals surface area contributed by atoms with E-state index in [4.69, 9.17) is 0 Å². The van der Waals surface area contributed by atoms with Crippen LogP contribution in [0.1, 0.15) is 18.4 Å². The van der Waals surface area contributed by atoms with Gasteiger partial charge in [0.15, 0.2) is 0 Å². The zero-order valence-electron chi connectivity index (χ0n) is 16.0. The number of alkyl halides is 3. The fourth-order valence-electron chi connectivity index (χ4n) is 3.15. The summed E-state index contributed by atoms with van der Waals surface area (Å²) in [4.78, 5) is 16.4. The van der Waals surface area contributed by atoms with Gasteiger partial charge in [0.2, 0.25) is 15.9 Å². The van der Waals surface area contributed by atoms with Gasteiger partial charge in [0.05, 0.1) is 4.90 Å². The first-order valence-electron chi connectivity index (χ1n) is 9.14. The average Bonchev–Trinajstić information content (AvgIpc) is 2.67. The van der Waals surface area contributed by atoms with E-state index in [-0.39, 0.29) is 46.5 Å². The van der Waals surface area contributed by atoms with Crippen molar-refractivity contribution >= 4 is 33.5 Å². The number of rotatable bonds is 5. The van der Waals surface area contributed by atoms with E-state index in [0.717, 1.165) is 17.7 Å². The topological polar surface area (TPSA) is 79.4 Å². The normalized spacial score (nSPS) is 16.4. The fraction of sp³-hybridized carbons (Fsp3) is 0.368. The lowest BCUT2D eigenvalue weighted by Crippen LogP contribution is -2.41. The summed E-state index contributed by atoms with van der Waals surface area (Å²) in [5.41, 5.74) is -3.47. The molecular formula is C19H20F3N3O3S2. The van der Waals surface area contributed by atoms with Crippen LogP contribution in [0.25, 0.3) is 0 Å². The molecule has 2 aromatic rings. The highest BCUT2D eigenvalue weighted by Gasteiger charge is 2.33. The number of nitrogens with one attached hydrogen (secondary N) is 1. The van der Waals surface area contributed by atoms with Crippen LogP contribution in [0.5, 0.6) is 0 Å². The summed E-state index contributed by atoms with van der Waals surface area (Å²) >= 11 is -0.297. The summed E-state index contributed by atoms with van der Waals surface area (Å²) in [5.74, 6) is -0.102. The largest absolute Gasteiger partial charge is 0.446 e. The summed E-state index contributed by atoms with van der Waals surface area (Å²) in [5, 5.41) is 2.75. The molecule has 0 unspecified atom stereocenters. The monoisotopic (exact) mass is 459 g/mol. The van der Waals surface area contributed by atoms with Crippen molar-refractivity contribution < 1.29 is 26.4 Å². The molecule has 6 nitrogen and oxygen atoms in total. The van der Waals surface area contributed by atoms with E-state index in [1.807, 2.05) is 13.0 Å². The number of hydrogen-bond acceptors (Lipinski definition) is 5. The number of pyridine rings is 1. The van der Waals surface area contributed by atoms with Gasteiger partial charge in [0, 0.05) is 30.1 Å². The molecule has 11 heteroatoms. The molecular weight excluding hydrogens is 439 g/mol. The SMILES string of the molecule is Cc1ccnc(NC(=O)C2CCN(S(=O)(=O)c3ccc(SC(F)(F)F)cc3)CC2)c1. The third-order valence-electron chi connectivity index (χ3n) is 4.69. The van der Waals surface area contributed by atoms with Crippen molar-refractivity contribution in [2.24, 2.45) is 5.92 Å². The highest BCUT2D eigenvalue weighted by molar-refractivity contribution is 8.00. The Morgan fingerprint density at radius 2 is 1.80 bits per heavy atom. The van der Waals surface area contributed by atoms with E-state index in [9.17, 15) is 26.4 Å². The van der Waals surface area contributed by atoms with Crippen LogP contribution in [-0.2, 0) is 14.8 Å². The van der Waals surface area contributed by atoms with Crippen molar-refractivity contribution in [1.29, 1.82) is 0 Å². The molecule has 0 bridgehead atoms. The first-order valence-corrected chi connectivity index (χ1v) is 11.4. The quantitative estimate of drug-likeness (QED) is 0.683. The molecule has 1 fully saturated rings. The highest BCUT2D eigenvalue weighted by atomic mass is 32.2. The first-order chi connectivity index (χ1) is 14.0. The van der Waals surface area contributed by atoms with Gasteiger partial charge in [-0.3, -0.25) is 4.79 Å². The number of nitrogens with zero attached hydrogens (tertiary/aromatic N) is 2. The molecule has 0 atom stereocenters. The number of amides is 1. The average molecular weight is 460 g/mol. The van der Waals surface area contributed by atoms with Crippen LogP contribution in [0, 0.1) is 12.8 Å². The number of halogens is 3. The minimum absolute atomic E-state index is 0.0686. The first kappa shape index (κ1) is 22.6. The van der Waals surface area contributed by atoms with Gasteiger partial charge in [-0.15, -0.1) is 0 Å². The number of piperidine rings is 1. The third-order valence-corrected chi connectivity index (χ3v) is 7.34. The van der Waals surface area contributed by atoms with Gasteiger partial charge in [0.1, 0.15) is 5.82 Å². The molecule has 0 radical (unpaired) electrons. The maximum absolute atomic E-state index is 12.8. The second kappa shape index (κ2) is 8.94. The van der Waals surface area contributed by atoms with E-state index >= 15 is 0 Å². The van der Waals surface area contributed by atoms with Crippen molar-refractivity contribution in [1.82, 2.24) is 9.29 Å². The Kier molecular flexibility index (Phi) is 6.73. The predicted octanol–water partition coefficient (Wildman–Crippen LogP) is 4.04. The minimum atomic E-state index is -4.43. The molecule has 1 aromatic carbocycles. The van der Waals surface area contributed by atoms with Gasteiger partial charge in [0.25, 0.3) is 0 Å². The van der Waals surface area contributed by atoms with Gasteiger partial charge in [-0.1, -0.05) is 0 Å². The summed E-state index contributed by atoms with van der Waals surface area (Å²) in [7, 11) is -3.84. The lowest BCUT2D eigenvalue weighted by molar-refractivity contribution is -0.120. The van der Waals surface area contributed by atoms with Crippen LogP contribution in [0.4, 0.5) is 19.0 Å². The number of aromatic nitrogens is 1. The van der Waals surface area contributed by atoms with Gasteiger partial charge in [-0.25, -0.2) is 13.4 Å². The van der Waals surface area contributed by atoms with Gasteiger partial charge in [-0.2, -0.15) is 17.5 Å².